The molecule has 2 rings (SSSR count). The Hall–Kier alpha value is -1.59. The van der Waals surface area contributed by atoms with E-state index in [4.69, 9.17) is 0 Å². The van der Waals surface area contributed by atoms with Crippen LogP contribution in [-0.2, 0) is 0 Å². The van der Waals surface area contributed by atoms with Gasteiger partial charge in [-0.25, -0.2) is 0 Å². The Morgan fingerprint density at radius 2 is 2.00 bits per heavy atom. The standard InChI is InChI=1S/C15H22N2O3/c1-15(2)10-17(7-6-16(15)3)9-14(20)12-5-4-11(18)8-13(12)19/h4-5,8,18-19H,6-7,9-10H2,1-3H3. The average Bonchev–Trinajstić information content (AvgIpc) is 2.33. The van der Waals surface area contributed by atoms with Crippen LogP contribution in [0.2, 0.25) is 0 Å². The summed E-state index contributed by atoms with van der Waals surface area (Å²) in [5, 5.41) is 19.0. The number of Topliss-reactive ketones (excluding diaryl/α,β-unsaturated/α-hetero) is 1. The van der Waals surface area contributed by atoms with E-state index in [-0.39, 0.29) is 34.9 Å². The zero-order valence-corrected chi connectivity index (χ0v) is 12.3. The van der Waals surface area contributed by atoms with Gasteiger partial charge < -0.3 is 10.2 Å². The molecule has 1 fully saturated rings. The summed E-state index contributed by atoms with van der Waals surface area (Å²) < 4.78 is 0. The van der Waals surface area contributed by atoms with Crippen molar-refractivity contribution in [2.45, 2.75) is 19.4 Å². The van der Waals surface area contributed by atoms with E-state index in [1.54, 1.807) is 0 Å². The fourth-order valence-corrected chi connectivity index (χ4v) is 2.52. The van der Waals surface area contributed by atoms with E-state index in [1.165, 1.54) is 18.2 Å². The van der Waals surface area contributed by atoms with Crippen LogP contribution in [0.25, 0.3) is 0 Å². The van der Waals surface area contributed by atoms with Crippen molar-refractivity contribution >= 4 is 5.78 Å². The maximum atomic E-state index is 12.2. The summed E-state index contributed by atoms with van der Waals surface area (Å²) >= 11 is 0. The first kappa shape index (κ1) is 14.8. The van der Waals surface area contributed by atoms with Crippen molar-refractivity contribution in [2.75, 3.05) is 33.2 Å². The molecule has 0 spiro atoms. The van der Waals surface area contributed by atoms with Crippen LogP contribution in [0.5, 0.6) is 11.5 Å². The van der Waals surface area contributed by atoms with Gasteiger partial charge in [-0.2, -0.15) is 0 Å². The second-order valence-corrected chi connectivity index (χ2v) is 6.07. The predicted octanol–water partition coefficient (Wildman–Crippen LogP) is 1.31. The molecule has 1 saturated heterocycles. The largest absolute Gasteiger partial charge is 0.508 e. The zero-order chi connectivity index (χ0) is 14.9. The van der Waals surface area contributed by atoms with Gasteiger partial charge in [-0.1, -0.05) is 0 Å². The summed E-state index contributed by atoms with van der Waals surface area (Å²) in [6, 6.07) is 4.08. The number of phenolic OH excluding ortho intramolecular Hbond substituents is 2. The molecule has 0 unspecified atom stereocenters. The molecule has 1 aromatic rings. The van der Waals surface area contributed by atoms with E-state index < -0.39 is 0 Å². The number of carbonyl (C=O) groups is 1. The number of benzene rings is 1. The lowest BCUT2D eigenvalue weighted by atomic mass is 9.99. The van der Waals surface area contributed by atoms with Crippen molar-refractivity contribution in [1.82, 2.24) is 9.80 Å². The first-order valence-corrected chi connectivity index (χ1v) is 6.78. The number of ketones is 1. The molecule has 20 heavy (non-hydrogen) atoms. The smallest absolute Gasteiger partial charge is 0.180 e. The van der Waals surface area contributed by atoms with Crippen LogP contribution in [-0.4, -0.2) is 64.6 Å². The van der Waals surface area contributed by atoms with E-state index in [0.717, 1.165) is 19.6 Å². The number of carbonyl (C=O) groups excluding carboxylic acids is 1. The summed E-state index contributed by atoms with van der Waals surface area (Å²) in [5.41, 5.74) is 0.301. The Morgan fingerprint density at radius 1 is 1.30 bits per heavy atom. The van der Waals surface area contributed by atoms with Gasteiger partial charge in [0.2, 0.25) is 0 Å². The van der Waals surface area contributed by atoms with Gasteiger partial charge in [-0.3, -0.25) is 14.6 Å². The highest BCUT2D eigenvalue weighted by atomic mass is 16.3. The van der Waals surface area contributed by atoms with Crippen LogP contribution in [0.3, 0.4) is 0 Å². The van der Waals surface area contributed by atoms with Crippen LogP contribution < -0.4 is 0 Å². The Morgan fingerprint density at radius 3 is 2.60 bits per heavy atom. The SMILES string of the molecule is CN1CCN(CC(=O)c2ccc(O)cc2O)CC1(C)C. The van der Waals surface area contributed by atoms with E-state index in [9.17, 15) is 15.0 Å². The van der Waals surface area contributed by atoms with Crippen LogP contribution >= 0.6 is 0 Å². The molecule has 1 aromatic carbocycles. The molecule has 110 valence electrons. The summed E-state index contributed by atoms with van der Waals surface area (Å²) in [4.78, 5) is 16.6. The third-order valence-electron chi connectivity index (χ3n) is 4.04. The molecule has 0 aromatic heterocycles. The van der Waals surface area contributed by atoms with Gasteiger partial charge in [0.15, 0.2) is 5.78 Å². The summed E-state index contributed by atoms with van der Waals surface area (Å²) in [6.07, 6.45) is 0. The fraction of sp³-hybridized carbons (Fsp3) is 0.533. The van der Waals surface area contributed by atoms with Crippen molar-refractivity contribution in [3.05, 3.63) is 23.8 Å². The van der Waals surface area contributed by atoms with Crippen molar-refractivity contribution < 1.29 is 15.0 Å². The molecule has 0 amide bonds. The Labute approximate surface area is 119 Å². The molecule has 0 bridgehead atoms. The van der Waals surface area contributed by atoms with Crippen LogP contribution in [0.4, 0.5) is 0 Å². The van der Waals surface area contributed by atoms with E-state index in [0.29, 0.717) is 0 Å². The van der Waals surface area contributed by atoms with E-state index >= 15 is 0 Å². The van der Waals surface area contributed by atoms with Gasteiger partial charge in [0.05, 0.1) is 12.1 Å². The fourth-order valence-electron chi connectivity index (χ4n) is 2.52. The molecule has 2 N–H and O–H groups in total. The first-order valence-electron chi connectivity index (χ1n) is 6.78. The Bertz CT molecular complexity index is 514. The molecule has 0 saturated carbocycles. The number of hydrogen-bond donors (Lipinski definition) is 2. The molecular weight excluding hydrogens is 256 g/mol. The van der Waals surface area contributed by atoms with E-state index in [2.05, 4.69) is 30.7 Å². The Balaban J connectivity index is 2.05. The third-order valence-corrected chi connectivity index (χ3v) is 4.04. The highest BCUT2D eigenvalue weighted by Crippen LogP contribution is 2.24. The lowest BCUT2D eigenvalue weighted by Gasteiger charge is -2.45. The number of aromatic hydroxyl groups is 2. The van der Waals surface area contributed by atoms with Gasteiger partial charge in [-0.05, 0) is 33.0 Å². The second-order valence-electron chi connectivity index (χ2n) is 6.07. The summed E-state index contributed by atoms with van der Waals surface area (Å²) in [7, 11) is 2.09. The van der Waals surface area contributed by atoms with Crippen LogP contribution in [0.15, 0.2) is 18.2 Å². The molecule has 1 heterocycles. The van der Waals surface area contributed by atoms with Crippen molar-refractivity contribution in [2.24, 2.45) is 0 Å². The van der Waals surface area contributed by atoms with Gasteiger partial charge >= 0.3 is 0 Å². The van der Waals surface area contributed by atoms with E-state index in [1.807, 2.05) is 0 Å². The lowest BCUT2D eigenvalue weighted by molar-refractivity contribution is 0.0389. The minimum absolute atomic E-state index is 0.0372. The summed E-state index contributed by atoms with van der Waals surface area (Å²) in [5.74, 6) is -0.328. The molecule has 0 radical (unpaired) electrons. The van der Waals surface area contributed by atoms with Crippen molar-refractivity contribution in [3.63, 3.8) is 0 Å². The lowest BCUT2D eigenvalue weighted by Crippen LogP contribution is -2.58. The molecule has 5 heteroatoms. The van der Waals surface area contributed by atoms with Crippen LogP contribution in [0.1, 0.15) is 24.2 Å². The highest BCUT2D eigenvalue weighted by Gasteiger charge is 2.31. The number of hydrogen-bond acceptors (Lipinski definition) is 5. The predicted molar refractivity (Wildman–Crippen MR) is 77.3 cm³/mol. The Kier molecular flexibility index (Phi) is 4.01. The van der Waals surface area contributed by atoms with Gasteiger partial charge in [-0.15, -0.1) is 0 Å². The quantitative estimate of drug-likeness (QED) is 0.816. The normalized spacial score (nSPS) is 19.9. The number of likely N-dealkylation sites (N-methyl/N-ethyl adjacent to an activating group) is 1. The maximum Gasteiger partial charge on any atom is 0.180 e. The highest BCUT2D eigenvalue weighted by molar-refractivity contribution is 6.00. The van der Waals surface area contributed by atoms with Crippen molar-refractivity contribution in [1.29, 1.82) is 0 Å². The molecule has 5 nitrogen and oxygen atoms in total. The molecule has 0 atom stereocenters. The second kappa shape index (κ2) is 5.42. The number of phenols is 2. The van der Waals surface area contributed by atoms with Gasteiger partial charge in [0.1, 0.15) is 11.5 Å². The number of rotatable bonds is 3. The molecule has 0 aliphatic carbocycles. The maximum absolute atomic E-state index is 12.2. The molecule has 1 aliphatic heterocycles. The minimum atomic E-state index is -0.164. The van der Waals surface area contributed by atoms with Gasteiger partial charge in [0, 0.05) is 31.2 Å². The topological polar surface area (TPSA) is 64.0 Å². The monoisotopic (exact) mass is 278 g/mol. The zero-order valence-electron chi connectivity index (χ0n) is 12.3. The summed E-state index contributed by atoms with van der Waals surface area (Å²) in [6.45, 7) is 7.17. The van der Waals surface area contributed by atoms with Crippen LogP contribution in [0, 0.1) is 0 Å². The molecule has 1 aliphatic rings. The first-order chi connectivity index (χ1) is 9.29. The van der Waals surface area contributed by atoms with Crippen molar-refractivity contribution in [3.8, 4) is 11.5 Å². The average molecular weight is 278 g/mol. The number of piperazine rings is 1. The van der Waals surface area contributed by atoms with Gasteiger partial charge in [0.25, 0.3) is 0 Å². The number of nitrogens with zero attached hydrogens (tertiary/aromatic N) is 2. The molecular formula is C15H22N2O3. The third kappa shape index (κ3) is 3.11. The minimum Gasteiger partial charge on any atom is -0.508 e.